The van der Waals surface area contributed by atoms with Crippen LogP contribution in [-0.4, -0.2) is 71.1 Å². The van der Waals surface area contributed by atoms with Crippen molar-refractivity contribution >= 4 is 46.5 Å². The van der Waals surface area contributed by atoms with Crippen molar-refractivity contribution in [2.75, 3.05) is 13.7 Å². The molecule has 260 valence electrons. The number of hydrogen-bond donors (Lipinski definition) is 1. The molecule has 4 atom stereocenters. The van der Waals surface area contributed by atoms with Gasteiger partial charge in [0.25, 0.3) is 0 Å². The number of nitrogens with zero attached hydrogens (tertiary/aromatic N) is 2. The van der Waals surface area contributed by atoms with Gasteiger partial charge in [-0.15, -0.1) is 0 Å². The summed E-state index contributed by atoms with van der Waals surface area (Å²) < 4.78 is 5.35. The van der Waals surface area contributed by atoms with Gasteiger partial charge in [0, 0.05) is 43.6 Å². The van der Waals surface area contributed by atoms with Crippen molar-refractivity contribution in [3.05, 3.63) is 28.3 Å². The number of methoxy groups -OCH3 is 1. The van der Waals surface area contributed by atoms with Crippen molar-refractivity contribution in [3.63, 3.8) is 0 Å². The Morgan fingerprint density at radius 3 is 2.34 bits per heavy atom. The third-order valence-electron chi connectivity index (χ3n) is 8.86. The van der Waals surface area contributed by atoms with Crippen molar-refractivity contribution in [1.82, 2.24) is 10.2 Å². The molecule has 2 aliphatic rings. The highest BCUT2D eigenvalue weighted by atomic mass is 35.5. The normalized spacial score (nSPS) is 20.8. The minimum Gasteiger partial charge on any atom is -0.495 e. The summed E-state index contributed by atoms with van der Waals surface area (Å²) in [6.45, 7) is 16.9. The molecule has 0 aromatic heterocycles. The maximum absolute atomic E-state index is 14.5. The summed E-state index contributed by atoms with van der Waals surface area (Å²) in [6, 6.07) is 1.72. The largest absolute Gasteiger partial charge is 0.495 e. The summed E-state index contributed by atoms with van der Waals surface area (Å²) in [6.07, 6.45) is 1.58. The van der Waals surface area contributed by atoms with Gasteiger partial charge >= 0.3 is 0 Å². The van der Waals surface area contributed by atoms with Gasteiger partial charge in [-0.2, -0.15) is 0 Å². The van der Waals surface area contributed by atoms with Crippen molar-refractivity contribution in [2.24, 2.45) is 21.9 Å². The van der Waals surface area contributed by atoms with Crippen molar-refractivity contribution in [1.29, 1.82) is 0 Å². The van der Waals surface area contributed by atoms with E-state index < -0.39 is 46.5 Å². The Bertz CT molecular complexity index is 1420. The van der Waals surface area contributed by atoms with Crippen molar-refractivity contribution < 1.29 is 33.5 Å². The number of ether oxygens (including phenoxy) is 1. The predicted molar refractivity (Wildman–Crippen MR) is 182 cm³/mol. The van der Waals surface area contributed by atoms with Crippen LogP contribution in [0.2, 0.25) is 5.02 Å². The van der Waals surface area contributed by atoms with Crippen LogP contribution in [0.15, 0.2) is 17.3 Å². The molecule has 0 aliphatic carbocycles. The minimum atomic E-state index is -1.01. The second kappa shape index (κ2) is 14.9. The summed E-state index contributed by atoms with van der Waals surface area (Å²) in [5.74, 6) is -2.27. The first-order valence-electron chi connectivity index (χ1n) is 16.5. The van der Waals surface area contributed by atoms with Crippen LogP contribution < -0.4 is 10.1 Å². The third kappa shape index (κ3) is 9.21. The Hall–Kier alpha value is -3.27. The van der Waals surface area contributed by atoms with Crippen LogP contribution in [-0.2, 0) is 28.8 Å². The van der Waals surface area contributed by atoms with Gasteiger partial charge in [0.1, 0.15) is 11.8 Å². The standard InChI is InChI=1S/C36H52ClN3O7/c1-11-13-22(31(44)27(41)12-2)15-28(42)26-18-36(17-25(39-47-36)23-16-24(37)29(46-10)14-21(23)3)20-40(26)33(45)32(35(7,8)9)38-30(43)19-34(4,5)6/h14,16,22,26,32H,11-13,15,17-20H2,1-10H3,(H,38,43)/t22-,26+,32-,36-/m1/s1. The Balaban J connectivity index is 1.99. The molecule has 2 amide bonds. The first kappa shape index (κ1) is 38.2. The Labute approximate surface area is 284 Å². The van der Waals surface area contributed by atoms with Crippen LogP contribution in [0.25, 0.3) is 0 Å². The molecule has 1 aromatic carbocycles. The van der Waals surface area contributed by atoms with E-state index in [4.69, 9.17) is 21.2 Å². The van der Waals surface area contributed by atoms with E-state index in [1.54, 1.807) is 20.1 Å². The number of nitrogens with one attached hydrogen (secondary N) is 1. The Kier molecular flexibility index (Phi) is 12.1. The fraction of sp³-hybridized carbons (Fsp3) is 0.667. The van der Waals surface area contributed by atoms with E-state index in [-0.39, 0.29) is 49.3 Å². The Morgan fingerprint density at radius 1 is 1.13 bits per heavy atom. The molecule has 11 heteroatoms. The van der Waals surface area contributed by atoms with E-state index in [0.717, 1.165) is 11.1 Å². The second-order valence-electron chi connectivity index (χ2n) is 15.4. The first-order valence-corrected chi connectivity index (χ1v) is 16.9. The van der Waals surface area contributed by atoms with Crippen LogP contribution >= 0.6 is 11.6 Å². The summed E-state index contributed by atoms with van der Waals surface area (Å²) in [7, 11) is 1.54. The van der Waals surface area contributed by atoms with Gasteiger partial charge in [0.15, 0.2) is 17.2 Å². The fourth-order valence-corrected chi connectivity index (χ4v) is 6.65. The molecule has 3 rings (SSSR count). The number of ketones is 3. The molecule has 0 saturated carbocycles. The highest BCUT2D eigenvalue weighted by molar-refractivity contribution is 6.38. The highest BCUT2D eigenvalue weighted by Gasteiger charge is 2.55. The number of carbonyl (C=O) groups excluding carboxylic acids is 5. The van der Waals surface area contributed by atoms with Crippen LogP contribution in [0.3, 0.4) is 0 Å². The lowest BCUT2D eigenvalue weighted by Crippen LogP contribution is -2.57. The number of likely N-dealkylation sites (tertiary alicyclic amines) is 1. The van der Waals surface area contributed by atoms with Crippen LogP contribution in [0.5, 0.6) is 5.75 Å². The van der Waals surface area contributed by atoms with Crippen molar-refractivity contribution in [2.45, 2.75) is 125 Å². The monoisotopic (exact) mass is 673 g/mol. The number of halogens is 1. The number of hydrogen-bond acceptors (Lipinski definition) is 8. The molecule has 2 heterocycles. The van der Waals surface area contributed by atoms with Crippen molar-refractivity contribution in [3.8, 4) is 5.75 Å². The number of amides is 2. The highest BCUT2D eigenvalue weighted by Crippen LogP contribution is 2.42. The maximum atomic E-state index is 14.5. The zero-order chi connectivity index (χ0) is 35.5. The summed E-state index contributed by atoms with van der Waals surface area (Å²) in [5.41, 5.74) is 0.291. The molecule has 2 aliphatic heterocycles. The van der Waals surface area contributed by atoms with E-state index in [1.807, 2.05) is 61.5 Å². The molecule has 1 spiro atoms. The lowest BCUT2D eigenvalue weighted by atomic mass is 9.84. The molecule has 1 fully saturated rings. The first-order chi connectivity index (χ1) is 21.8. The van der Waals surface area contributed by atoms with E-state index in [9.17, 15) is 24.0 Å². The fourth-order valence-electron chi connectivity index (χ4n) is 6.41. The molecule has 10 nitrogen and oxygen atoms in total. The zero-order valence-electron chi connectivity index (χ0n) is 29.7. The van der Waals surface area contributed by atoms with Gasteiger partial charge in [-0.3, -0.25) is 24.0 Å². The predicted octanol–water partition coefficient (Wildman–Crippen LogP) is 6.01. The zero-order valence-corrected chi connectivity index (χ0v) is 30.4. The average molecular weight is 674 g/mol. The molecular weight excluding hydrogens is 622 g/mol. The van der Waals surface area contributed by atoms with Gasteiger partial charge in [0.2, 0.25) is 17.6 Å². The summed E-state index contributed by atoms with van der Waals surface area (Å²) in [4.78, 5) is 74.7. The lowest BCUT2D eigenvalue weighted by Gasteiger charge is -2.36. The third-order valence-corrected chi connectivity index (χ3v) is 9.16. The topological polar surface area (TPSA) is 131 Å². The van der Waals surface area contributed by atoms with Gasteiger partial charge < -0.3 is 19.8 Å². The number of aryl methyl sites for hydroxylation is 1. The molecule has 1 aromatic rings. The molecular formula is C36H52ClN3O7. The van der Waals surface area contributed by atoms with E-state index in [0.29, 0.717) is 35.7 Å². The number of rotatable bonds is 13. The second-order valence-corrected chi connectivity index (χ2v) is 15.8. The van der Waals surface area contributed by atoms with E-state index >= 15 is 0 Å². The molecule has 0 unspecified atom stereocenters. The lowest BCUT2D eigenvalue weighted by molar-refractivity contribution is -0.145. The molecule has 0 bridgehead atoms. The number of oxime groups is 1. The quantitative estimate of drug-likeness (QED) is 0.254. The van der Waals surface area contributed by atoms with Gasteiger partial charge in [-0.05, 0) is 41.9 Å². The Morgan fingerprint density at radius 2 is 1.79 bits per heavy atom. The van der Waals surface area contributed by atoms with Gasteiger partial charge in [-0.25, -0.2) is 0 Å². The average Bonchev–Trinajstić information content (AvgIpc) is 3.57. The van der Waals surface area contributed by atoms with Crippen LogP contribution in [0.4, 0.5) is 0 Å². The molecule has 47 heavy (non-hydrogen) atoms. The van der Waals surface area contributed by atoms with Gasteiger partial charge in [0.05, 0.1) is 30.4 Å². The van der Waals surface area contributed by atoms with E-state index in [1.165, 1.54) is 4.90 Å². The molecule has 0 radical (unpaired) electrons. The van der Waals surface area contributed by atoms with Crippen LogP contribution in [0, 0.1) is 23.7 Å². The number of Topliss-reactive ketones (excluding diaryl/α,β-unsaturated/α-hetero) is 3. The van der Waals surface area contributed by atoms with E-state index in [2.05, 4.69) is 10.5 Å². The number of benzene rings is 1. The van der Waals surface area contributed by atoms with Gasteiger partial charge in [-0.1, -0.05) is 78.6 Å². The minimum absolute atomic E-state index is 0.0557. The smallest absolute Gasteiger partial charge is 0.246 e. The molecule has 1 saturated heterocycles. The summed E-state index contributed by atoms with van der Waals surface area (Å²) in [5, 5.41) is 7.79. The maximum Gasteiger partial charge on any atom is 0.246 e. The number of carbonyl (C=O) groups is 5. The molecule has 1 N–H and O–H groups in total. The van der Waals surface area contributed by atoms with Crippen LogP contribution in [0.1, 0.15) is 111 Å². The SMILES string of the molecule is CCC[C@H](CC(=O)[C@@H]1C[C@]2(CC(c3cc(Cl)c(OC)cc3C)=NO2)CN1C(=O)[C@@H](NC(=O)CC(C)(C)C)C(C)(C)C)C(=O)C(=O)CC. The summed E-state index contributed by atoms with van der Waals surface area (Å²) >= 11 is 6.45.